The molecule has 1 unspecified atom stereocenters. The summed E-state index contributed by atoms with van der Waals surface area (Å²) in [7, 11) is -5.72. The minimum absolute atomic E-state index is 0.271. The second-order valence-electron chi connectivity index (χ2n) is 7.00. The van der Waals surface area contributed by atoms with Crippen molar-refractivity contribution in [2.45, 2.75) is 57.2 Å². The third-order valence-corrected chi connectivity index (χ3v) is 4.60. The number of rotatable bonds is 3. The lowest BCUT2D eigenvalue weighted by molar-refractivity contribution is -0.0500. The van der Waals surface area contributed by atoms with Gasteiger partial charge in [-0.15, -0.1) is 0 Å². The third-order valence-electron chi connectivity index (χ3n) is 3.62. The van der Waals surface area contributed by atoms with Gasteiger partial charge in [-0.25, -0.2) is 4.79 Å². The van der Waals surface area contributed by atoms with Gasteiger partial charge in [-0.1, -0.05) is 6.07 Å². The van der Waals surface area contributed by atoms with E-state index in [9.17, 15) is 26.4 Å². The second-order valence-corrected chi connectivity index (χ2v) is 8.54. The van der Waals surface area contributed by atoms with E-state index in [2.05, 4.69) is 9.50 Å². The van der Waals surface area contributed by atoms with Crippen LogP contribution in [0, 0.1) is 0 Å². The minimum atomic E-state index is -5.72. The average Bonchev–Trinajstić information content (AvgIpc) is 2.43. The molecular weight excluding hydrogens is 375 g/mol. The lowest BCUT2D eigenvalue weighted by Crippen LogP contribution is -2.41. The van der Waals surface area contributed by atoms with Crippen LogP contribution in [0.3, 0.4) is 0 Å². The van der Waals surface area contributed by atoms with E-state index in [0.717, 1.165) is 5.56 Å². The fourth-order valence-corrected chi connectivity index (χ4v) is 3.01. The van der Waals surface area contributed by atoms with Crippen molar-refractivity contribution in [3.8, 4) is 5.75 Å². The molecule has 0 heterocycles. The fourth-order valence-electron chi connectivity index (χ4n) is 2.56. The molecule has 1 atom stereocenters. The number of ether oxygens (including phenoxy) is 1. The van der Waals surface area contributed by atoms with Gasteiger partial charge in [0.25, 0.3) is 0 Å². The number of halogens is 3. The van der Waals surface area contributed by atoms with Gasteiger partial charge in [0, 0.05) is 6.04 Å². The van der Waals surface area contributed by atoms with E-state index >= 15 is 0 Å². The number of alkyl carbamates (subject to hydrolysis) is 1. The Labute approximate surface area is 149 Å². The highest BCUT2D eigenvalue weighted by Gasteiger charge is 2.48. The monoisotopic (exact) mass is 395 g/mol. The Bertz CT molecular complexity index is 784. The molecule has 1 amide bonds. The molecule has 1 aliphatic rings. The molecule has 146 valence electrons. The first-order valence-corrected chi connectivity index (χ1v) is 9.30. The molecule has 0 saturated carbocycles. The summed E-state index contributed by atoms with van der Waals surface area (Å²) in [6.07, 6.45) is 0.964. The van der Waals surface area contributed by atoms with Crippen LogP contribution in [0.2, 0.25) is 0 Å². The molecule has 0 radical (unpaired) electrons. The summed E-state index contributed by atoms with van der Waals surface area (Å²) in [4.78, 5) is 11.8. The van der Waals surface area contributed by atoms with Crippen molar-refractivity contribution in [2.24, 2.45) is 0 Å². The molecule has 26 heavy (non-hydrogen) atoms. The number of hydrogen-bond acceptors (Lipinski definition) is 5. The number of alkyl halides is 3. The highest BCUT2D eigenvalue weighted by molar-refractivity contribution is 7.88. The van der Waals surface area contributed by atoms with Crippen molar-refractivity contribution in [3.63, 3.8) is 0 Å². The predicted octanol–water partition coefficient (Wildman–Crippen LogP) is 3.30. The van der Waals surface area contributed by atoms with Crippen molar-refractivity contribution >= 4 is 16.2 Å². The Morgan fingerprint density at radius 3 is 2.42 bits per heavy atom. The van der Waals surface area contributed by atoms with Crippen LogP contribution in [0.4, 0.5) is 18.0 Å². The molecule has 0 spiro atoms. The number of fused-ring (bicyclic) bond motifs is 1. The van der Waals surface area contributed by atoms with E-state index in [1.165, 1.54) is 18.2 Å². The van der Waals surface area contributed by atoms with Gasteiger partial charge >= 0.3 is 21.7 Å². The first-order valence-electron chi connectivity index (χ1n) is 7.89. The van der Waals surface area contributed by atoms with Gasteiger partial charge in [0.2, 0.25) is 0 Å². The SMILES string of the molecule is CC(C)(C)OC(=O)NC1CCc2ccc(OS(=O)(=O)C(F)(F)F)cc2C1. The molecule has 0 saturated heterocycles. The molecular formula is C16H20F3NO5S. The van der Waals surface area contributed by atoms with Gasteiger partial charge in [0.1, 0.15) is 11.4 Å². The summed E-state index contributed by atoms with van der Waals surface area (Å²) in [5.74, 6) is -0.418. The predicted molar refractivity (Wildman–Crippen MR) is 87.2 cm³/mol. The molecule has 2 rings (SSSR count). The van der Waals surface area contributed by atoms with E-state index in [1.54, 1.807) is 20.8 Å². The topological polar surface area (TPSA) is 81.7 Å². The van der Waals surface area contributed by atoms with Crippen molar-refractivity contribution in [3.05, 3.63) is 29.3 Å². The average molecular weight is 395 g/mol. The fraction of sp³-hybridized carbons (Fsp3) is 0.562. The standard InChI is InChI=1S/C16H20F3NO5S/c1-15(2,3)24-14(21)20-12-6-4-10-5-7-13(9-11(10)8-12)25-26(22,23)16(17,18)19/h5,7,9,12H,4,6,8H2,1-3H3,(H,20,21). The largest absolute Gasteiger partial charge is 0.534 e. The highest BCUT2D eigenvalue weighted by Crippen LogP contribution is 2.30. The van der Waals surface area contributed by atoms with Crippen LogP contribution in [-0.2, 0) is 27.7 Å². The molecule has 10 heteroatoms. The van der Waals surface area contributed by atoms with Gasteiger partial charge in [-0.2, -0.15) is 21.6 Å². The number of carbonyl (C=O) groups excluding carboxylic acids is 1. The Kier molecular flexibility index (Phi) is 5.46. The molecule has 0 bridgehead atoms. The van der Waals surface area contributed by atoms with Gasteiger partial charge in [0.15, 0.2) is 0 Å². The van der Waals surface area contributed by atoms with Gasteiger partial charge < -0.3 is 14.2 Å². The summed E-state index contributed by atoms with van der Waals surface area (Å²) < 4.78 is 68.8. The van der Waals surface area contributed by atoms with Gasteiger partial charge in [-0.05, 0) is 63.3 Å². The molecule has 1 aromatic rings. The van der Waals surface area contributed by atoms with Crippen LogP contribution < -0.4 is 9.50 Å². The molecule has 1 aromatic carbocycles. The summed E-state index contributed by atoms with van der Waals surface area (Å²) in [6, 6.07) is 3.69. The number of benzene rings is 1. The lowest BCUT2D eigenvalue weighted by Gasteiger charge is -2.27. The zero-order valence-corrected chi connectivity index (χ0v) is 15.3. The number of nitrogens with one attached hydrogen (secondary N) is 1. The maximum Gasteiger partial charge on any atom is 0.534 e. The van der Waals surface area contributed by atoms with Crippen LogP contribution in [0.25, 0.3) is 0 Å². The van der Waals surface area contributed by atoms with E-state index in [-0.39, 0.29) is 6.04 Å². The zero-order chi connectivity index (χ0) is 19.8. The Balaban J connectivity index is 2.09. The Hall–Kier alpha value is -1.97. The summed E-state index contributed by atoms with van der Waals surface area (Å²) in [6.45, 7) is 5.19. The summed E-state index contributed by atoms with van der Waals surface area (Å²) in [5.41, 5.74) is -4.66. The van der Waals surface area contributed by atoms with Crippen LogP contribution in [0.1, 0.15) is 38.3 Å². The van der Waals surface area contributed by atoms with E-state index < -0.39 is 33.1 Å². The van der Waals surface area contributed by atoms with E-state index in [4.69, 9.17) is 4.74 Å². The quantitative estimate of drug-likeness (QED) is 0.627. The zero-order valence-electron chi connectivity index (χ0n) is 14.5. The number of carbonyl (C=O) groups is 1. The number of aryl methyl sites for hydroxylation is 1. The first-order chi connectivity index (χ1) is 11.8. The number of hydrogen-bond donors (Lipinski definition) is 1. The Morgan fingerprint density at radius 2 is 1.85 bits per heavy atom. The molecule has 0 aliphatic heterocycles. The highest BCUT2D eigenvalue weighted by atomic mass is 32.2. The summed E-state index contributed by atoms with van der Waals surface area (Å²) >= 11 is 0. The lowest BCUT2D eigenvalue weighted by atomic mass is 9.88. The smallest absolute Gasteiger partial charge is 0.444 e. The maximum absolute atomic E-state index is 12.4. The summed E-state index contributed by atoms with van der Waals surface area (Å²) in [5, 5.41) is 2.71. The molecule has 6 nitrogen and oxygen atoms in total. The molecule has 0 fully saturated rings. The van der Waals surface area contributed by atoms with Crippen LogP contribution in [0.5, 0.6) is 5.75 Å². The Morgan fingerprint density at radius 1 is 1.19 bits per heavy atom. The molecule has 0 aromatic heterocycles. The van der Waals surface area contributed by atoms with Crippen molar-refractivity contribution < 1.29 is 35.3 Å². The molecule has 1 aliphatic carbocycles. The molecule has 1 N–H and O–H groups in total. The maximum atomic E-state index is 12.4. The number of amides is 1. The van der Waals surface area contributed by atoms with Crippen LogP contribution in [0.15, 0.2) is 18.2 Å². The third kappa shape index (κ3) is 5.26. The van der Waals surface area contributed by atoms with Crippen molar-refractivity contribution in [1.29, 1.82) is 0 Å². The minimum Gasteiger partial charge on any atom is -0.444 e. The van der Waals surface area contributed by atoms with Crippen molar-refractivity contribution in [1.82, 2.24) is 5.32 Å². The van der Waals surface area contributed by atoms with Crippen molar-refractivity contribution in [2.75, 3.05) is 0 Å². The van der Waals surface area contributed by atoms with Gasteiger partial charge in [-0.3, -0.25) is 0 Å². The second kappa shape index (κ2) is 6.98. The van der Waals surface area contributed by atoms with E-state index in [1.807, 2.05) is 0 Å². The van der Waals surface area contributed by atoms with Crippen LogP contribution >= 0.6 is 0 Å². The van der Waals surface area contributed by atoms with Gasteiger partial charge in [0.05, 0.1) is 0 Å². The van der Waals surface area contributed by atoms with E-state index in [0.29, 0.717) is 24.8 Å². The first kappa shape index (κ1) is 20.3. The van der Waals surface area contributed by atoms with Crippen LogP contribution in [-0.4, -0.2) is 31.7 Å². The normalized spacial score (nSPS) is 18.0.